The lowest BCUT2D eigenvalue weighted by atomic mass is 9.91. The molecule has 2 aliphatic heterocycles. The molecule has 1 unspecified atom stereocenters. The van der Waals surface area contributed by atoms with Gasteiger partial charge in [0.25, 0.3) is 0 Å². The molecular formula is C32H38F4N4O4. The Labute approximate surface area is 254 Å². The van der Waals surface area contributed by atoms with E-state index in [1.54, 1.807) is 36.4 Å². The van der Waals surface area contributed by atoms with E-state index in [-0.39, 0.29) is 31.4 Å². The van der Waals surface area contributed by atoms with Crippen LogP contribution in [0, 0.1) is 5.82 Å². The van der Waals surface area contributed by atoms with Gasteiger partial charge in [-0.3, -0.25) is 0 Å². The van der Waals surface area contributed by atoms with Crippen LogP contribution in [-0.4, -0.2) is 72.9 Å². The molecule has 0 aliphatic carbocycles. The number of alkyl halides is 3. The molecule has 3 aromatic rings. The summed E-state index contributed by atoms with van der Waals surface area (Å²) in [7, 11) is 1.52. The van der Waals surface area contributed by atoms with Crippen molar-refractivity contribution in [3.05, 3.63) is 70.8 Å². The van der Waals surface area contributed by atoms with Crippen LogP contribution in [0.15, 0.2) is 42.5 Å². The molecule has 2 aromatic carbocycles. The quantitative estimate of drug-likeness (QED) is 0.244. The molecule has 8 nitrogen and oxygen atoms in total. The van der Waals surface area contributed by atoms with Crippen LogP contribution in [0.2, 0.25) is 0 Å². The zero-order valence-corrected chi connectivity index (χ0v) is 25.2. The highest BCUT2D eigenvalue weighted by Gasteiger charge is 2.44. The van der Waals surface area contributed by atoms with Gasteiger partial charge < -0.3 is 24.0 Å². The number of rotatable bonds is 10. The normalized spacial score (nSPS) is 15.8. The van der Waals surface area contributed by atoms with Crippen LogP contribution in [0.1, 0.15) is 55.1 Å². The summed E-state index contributed by atoms with van der Waals surface area (Å²) >= 11 is 0. The first-order valence-electron chi connectivity index (χ1n) is 15.0. The van der Waals surface area contributed by atoms with Crippen LogP contribution >= 0.6 is 0 Å². The van der Waals surface area contributed by atoms with Gasteiger partial charge in [0.15, 0.2) is 0 Å². The third kappa shape index (κ3) is 6.80. The largest absolute Gasteiger partial charge is 0.497 e. The lowest BCUT2D eigenvalue weighted by molar-refractivity contribution is -0.220. The minimum atomic E-state index is -4.78. The SMILES string of the molecule is CCN(CC)c1c(C2CCN(C(=O)OC(COCc3ccc(OC)cc3)C(F)(F)F)CC2)nn2c1CCc1cc(F)ccc1-2. The number of nitrogens with zero attached hydrogens (tertiary/aromatic N) is 4. The number of aromatic nitrogens is 2. The maximum absolute atomic E-state index is 13.9. The van der Waals surface area contributed by atoms with E-state index in [0.717, 1.165) is 47.8 Å². The number of methoxy groups -OCH3 is 1. The summed E-state index contributed by atoms with van der Waals surface area (Å²) in [6.45, 7) is 5.33. The highest BCUT2D eigenvalue weighted by Crippen LogP contribution is 2.40. The van der Waals surface area contributed by atoms with Crippen LogP contribution < -0.4 is 9.64 Å². The van der Waals surface area contributed by atoms with Crippen LogP contribution in [0.5, 0.6) is 5.75 Å². The standard InChI is InChI=1S/C32H38F4N4O4/c1-4-38(5-2)30-27-12-8-23-18-24(33)9-13-26(23)40(27)37-29(30)22-14-16-39(17-15-22)31(41)44-28(32(34,35)36)20-43-19-21-6-10-25(42-3)11-7-21/h6-7,9-11,13,18,22,28H,4-5,8,12,14-17,19-20H2,1-3H3. The Hall–Kier alpha value is -3.80. The molecular weight excluding hydrogens is 580 g/mol. The number of benzene rings is 2. The number of halogens is 4. The number of fused-ring (bicyclic) bond motifs is 3. The molecule has 1 fully saturated rings. The Morgan fingerprint density at radius 1 is 1.07 bits per heavy atom. The van der Waals surface area contributed by atoms with E-state index in [1.165, 1.54) is 18.1 Å². The van der Waals surface area contributed by atoms with Gasteiger partial charge in [-0.15, -0.1) is 0 Å². The molecule has 12 heteroatoms. The van der Waals surface area contributed by atoms with Crippen molar-refractivity contribution in [1.29, 1.82) is 0 Å². The summed E-state index contributed by atoms with van der Waals surface area (Å²) in [4.78, 5) is 16.5. The maximum Gasteiger partial charge on any atom is 0.427 e. The minimum Gasteiger partial charge on any atom is -0.497 e. The summed E-state index contributed by atoms with van der Waals surface area (Å²) in [5, 5.41) is 5.03. The highest BCUT2D eigenvalue weighted by atomic mass is 19.4. The molecule has 0 radical (unpaired) electrons. The number of aryl methyl sites for hydroxylation is 1. The maximum atomic E-state index is 13.9. The van der Waals surface area contributed by atoms with Crippen molar-refractivity contribution in [2.24, 2.45) is 0 Å². The van der Waals surface area contributed by atoms with E-state index in [0.29, 0.717) is 30.6 Å². The van der Waals surface area contributed by atoms with Gasteiger partial charge in [-0.1, -0.05) is 12.1 Å². The molecule has 238 valence electrons. The zero-order chi connectivity index (χ0) is 31.4. The Morgan fingerprint density at radius 2 is 1.77 bits per heavy atom. The molecule has 0 spiro atoms. The number of hydrogen-bond donors (Lipinski definition) is 0. The van der Waals surface area contributed by atoms with Crippen molar-refractivity contribution in [1.82, 2.24) is 14.7 Å². The summed E-state index contributed by atoms with van der Waals surface area (Å²) in [6.07, 6.45) is -5.68. The highest BCUT2D eigenvalue weighted by molar-refractivity contribution is 5.68. The lowest BCUT2D eigenvalue weighted by Gasteiger charge is -2.33. The van der Waals surface area contributed by atoms with Crippen molar-refractivity contribution >= 4 is 11.8 Å². The number of piperidine rings is 1. The Morgan fingerprint density at radius 3 is 2.41 bits per heavy atom. The Kier molecular flexibility index (Phi) is 9.67. The first-order valence-corrected chi connectivity index (χ1v) is 15.0. The van der Waals surface area contributed by atoms with Crippen molar-refractivity contribution in [2.45, 2.75) is 64.3 Å². The molecule has 0 N–H and O–H groups in total. The molecule has 44 heavy (non-hydrogen) atoms. The number of carbonyl (C=O) groups excluding carboxylic acids is 1. The number of likely N-dealkylation sites (tertiary alicyclic amines) is 1. The van der Waals surface area contributed by atoms with Gasteiger partial charge in [0.1, 0.15) is 11.6 Å². The number of anilines is 1. The number of amides is 1. The van der Waals surface area contributed by atoms with Crippen LogP contribution in [0.25, 0.3) is 5.69 Å². The zero-order valence-electron chi connectivity index (χ0n) is 25.2. The van der Waals surface area contributed by atoms with Gasteiger partial charge in [0, 0.05) is 32.1 Å². The van der Waals surface area contributed by atoms with Gasteiger partial charge >= 0.3 is 12.3 Å². The fourth-order valence-corrected chi connectivity index (χ4v) is 5.99. The predicted molar refractivity (Wildman–Crippen MR) is 157 cm³/mol. The molecule has 0 saturated carbocycles. The van der Waals surface area contributed by atoms with Gasteiger partial charge in [-0.2, -0.15) is 18.3 Å². The summed E-state index contributed by atoms with van der Waals surface area (Å²) in [5.41, 5.74) is 5.49. The van der Waals surface area contributed by atoms with Gasteiger partial charge in [-0.25, -0.2) is 13.9 Å². The van der Waals surface area contributed by atoms with Crippen molar-refractivity contribution < 1.29 is 36.6 Å². The van der Waals surface area contributed by atoms with Crippen molar-refractivity contribution in [2.75, 3.05) is 44.8 Å². The fourth-order valence-electron chi connectivity index (χ4n) is 5.99. The third-order valence-electron chi connectivity index (χ3n) is 8.40. The number of carbonyl (C=O) groups is 1. The molecule has 1 aromatic heterocycles. The third-order valence-corrected chi connectivity index (χ3v) is 8.40. The smallest absolute Gasteiger partial charge is 0.427 e. The van der Waals surface area contributed by atoms with E-state index in [2.05, 4.69) is 18.7 Å². The first-order chi connectivity index (χ1) is 21.1. The summed E-state index contributed by atoms with van der Waals surface area (Å²) in [6, 6.07) is 11.5. The lowest BCUT2D eigenvalue weighted by Crippen LogP contribution is -2.44. The second-order valence-corrected chi connectivity index (χ2v) is 11.1. The molecule has 1 saturated heterocycles. The molecule has 0 bridgehead atoms. The fraction of sp³-hybridized carbons (Fsp3) is 0.500. The Bertz CT molecular complexity index is 1430. The monoisotopic (exact) mass is 618 g/mol. The van der Waals surface area contributed by atoms with Crippen LogP contribution in [-0.2, 0) is 28.9 Å². The van der Waals surface area contributed by atoms with Gasteiger partial charge in [0.05, 0.1) is 43.1 Å². The molecule has 3 heterocycles. The van der Waals surface area contributed by atoms with Gasteiger partial charge in [0.2, 0.25) is 6.10 Å². The average Bonchev–Trinajstić information content (AvgIpc) is 3.40. The predicted octanol–water partition coefficient (Wildman–Crippen LogP) is 6.43. The summed E-state index contributed by atoms with van der Waals surface area (Å²) in [5.74, 6) is 0.348. The van der Waals surface area contributed by atoms with Crippen molar-refractivity contribution in [3.63, 3.8) is 0 Å². The Balaban J connectivity index is 1.25. The van der Waals surface area contributed by atoms with Crippen LogP contribution in [0.3, 0.4) is 0 Å². The molecule has 1 amide bonds. The van der Waals surface area contributed by atoms with E-state index in [4.69, 9.17) is 19.3 Å². The molecule has 1 atom stereocenters. The second-order valence-electron chi connectivity index (χ2n) is 11.1. The van der Waals surface area contributed by atoms with Gasteiger partial charge in [-0.05, 0) is 81.0 Å². The van der Waals surface area contributed by atoms with E-state index in [9.17, 15) is 22.4 Å². The topological polar surface area (TPSA) is 69.1 Å². The van der Waals surface area contributed by atoms with E-state index >= 15 is 0 Å². The number of hydrogen-bond acceptors (Lipinski definition) is 6. The molecule has 2 aliphatic rings. The molecule has 5 rings (SSSR count). The van der Waals surface area contributed by atoms with Crippen LogP contribution in [0.4, 0.5) is 28.0 Å². The van der Waals surface area contributed by atoms with E-state index < -0.39 is 25.0 Å². The van der Waals surface area contributed by atoms with E-state index in [1.807, 2.05) is 4.68 Å². The first kappa shape index (κ1) is 31.6. The minimum absolute atomic E-state index is 0.00268. The second kappa shape index (κ2) is 13.5. The average molecular weight is 619 g/mol. The number of ether oxygens (including phenoxy) is 3. The van der Waals surface area contributed by atoms with Crippen molar-refractivity contribution in [3.8, 4) is 11.4 Å². The summed E-state index contributed by atoms with van der Waals surface area (Å²) < 4.78 is 72.4.